The molecule has 2 N–H and O–H groups in total. The highest BCUT2D eigenvalue weighted by Crippen LogP contribution is 2.33. The van der Waals surface area contributed by atoms with Crippen LogP contribution in [0.2, 0.25) is 0 Å². The SMILES string of the molecule is CCOc1c(I)cc(C=NNC(=O)CC(=O)Nc2ccc(OC)cc2)cc1OC. The van der Waals surface area contributed by atoms with Gasteiger partial charge in [0.1, 0.15) is 12.2 Å². The van der Waals surface area contributed by atoms with E-state index in [4.69, 9.17) is 14.2 Å². The molecule has 0 spiro atoms. The van der Waals surface area contributed by atoms with E-state index in [0.29, 0.717) is 29.5 Å². The van der Waals surface area contributed by atoms with Gasteiger partial charge in [0, 0.05) is 5.69 Å². The van der Waals surface area contributed by atoms with Crippen LogP contribution in [0.3, 0.4) is 0 Å². The number of nitrogens with zero attached hydrogens (tertiary/aromatic N) is 1. The van der Waals surface area contributed by atoms with Gasteiger partial charge in [0.15, 0.2) is 11.5 Å². The minimum Gasteiger partial charge on any atom is -0.497 e. The van der Waals surface area contributed by atoms with Crippen LogP contribution in [0.15, 0.2) is 41.5 Å². The number of benzene rings is 2. The summed E-state index contributed by atoms with van der Waals surface area (Å²) in [7, 11) is 3.11. The molecule has 8 nitrogen and oxygen atoms in total. The maximum atomic E-state index is 12.0. The topological polar surface area (TPSA) is 98.2 Å². The first kappa shape index (κ1) is 22.5. The number of halogens is 1. The van der Waals surface area contributed by atoms with Crippen molar-refractivity contribution in [1.29, 1.82) is 0 Å². The van der Waals surface area contributed by atoms with E-state index in [-0.39, 0.29) is 6.42 Å². The molecule has 0 radical (unpaired) electrons. The number of nitrogens with one attached hydrogen (secondary N) is 2. The van der Waals surface area contributed by atoms with E-state index in [1.165, 1.54) is 6.21 Å². The molecule has 2 aromatic carbocycles. The molecule has 0 fully saturated rings. The smallest absolute Gasteiger partial charge is 0.249 e. The van der Waals surface area contributed by atoms with Gasteiger partial charge in [-0.05, 0) is 71.5 Å². The Morgan fingerprint density at radius 3 is 2.45 bits per heavy atom. The molecule has 0 heterocycles. The van der Waals surface area contributed by atoms with Crippen molar-refractivity contribution in [3.63, 3.8) is 0 Å². The molecular weight excluding hydrogens is 489 g/mol. The zero-order valence-electron chi connectivity index (χ0n) is 16.3. The van der Waals surface area contributed by atoms with Crippen LogP contribution in [0.1, 0.15) is 18.9 Å². The van der Waals surface area contributed by atoms with Gasteiger partial charge in [-0.1, -0.05) is 0 Å². The molecule has 9 heteroatoms. The van der Waals surface area contributed by atoms with Crippen molar-refractivity contribution < 1.29 is 23.8 Å². The largest absolute Gasteiger partial charge is 0.497 e. The number of carbonyl (C=O) groups excluding carboxylic acids is 2. The summed E-state index contributed by atoms with van der Waals surface area (Å²) >= 11 is 2.14. The van der Waals surface area contributed by atoms with Crippen molar-refractivity contribution in [2.75, 3.05) is 26.1 Å². The number of amides is 2. The quantitative estimate of drug-likeness (QED) is 0.233. The molecule has 0 aliphatic rings. The molecule has 0 atom stereocenters. The Morgan fingerprint density at radius 1 is 1.10 bits per heavy atom. The average molecular weight is 511 g/mol. The van der Waals surface area contributed by atoms with Gasteiger partial charge < -0.3 is 19.5 Å². The first-order valence-corrected chi connectivity index (χ1v) is 9.80. The molecule has 0 aliphatic carbocycles. The Hall–Kier alpha value is -2.82. The zero-order valence-corrected chi connectivity index (χ0v) is 18.5. The second-order valence-corrected chi connectivity index (χ2v) is 6.88. The van der Waals surface area contributed by atoms with Crippen molar-refractivity contribution >= 4 is 46.3 Å². The molecule has 0 aliphatic heterocycles. The standard InChI is InChI=1S/C20H22IN3O5/c1-4-29-20-16(21)9-13(10-17(20)28-3)12-22-24-19(26)11-18(25)23-14-5-7-15(27-2)8-6-14/h5-10,12H,4,11H2,1-3H3,(H,23,25)(H,24,26). The van der Waals surface area contributed by atoms with Gasteiger partial charge in [-0.2, -0.15) is 5.10 Å². The van der Waals surface area contributed by atoms with Gasteiger partial charge in [0.2, 0.25) is 11.8 Å². The van der Waals surface area contributed by atoms with Gasteiger partial charge >= 0.3 is 0 Å². The van der Waals surface area contributed by atoms with Crippen molar-refractivity contribution in [1.82, 2.24) is 5.43 Å². The number of hydrogen-bond donors (Lipinski definition) is 2. The number of hydrazone groups is 1. The summed E-state index contributed by atoms with van der Waals surface area (Å²) in [5.74, 6) is 0.938. The van der Waals surface area contributed by atoms with Crippen molar-refractivity contribution in [2.45, 2.75) is 13.3 Å². The predicted octanol–water partition coefficient (Wildman–Crippen LogP) is 3.19. The van der Waals surface area contributed by atoms with Gasteiger partial charge in [-0.25, -0.2) is 5.43 Å². The molecule has 2 rings (SSSR count). The lowest BCUT2D eigenvalue weighted by Crippen LogP contribution is -2.24. The van der Waals surface area contributed by atoms with Crippen LogP contribution in [-0.4, -0.2) is 38.9 Å². The van der Waals surface area contributed by atoms with E-state index in [1.807, 2.05) is 13.0 Å². The van der Waals surface area contributed by atoms with E-state index in [0.717, 1.165) is 9.13 Å². The Bertz CT molecular complexity index is 884. The van der Waals surface area contributed by atoms with Crippen molar-refractivity contribution in [3.8, 4) is 17.2 Å². The van der Waals surface area contributed by atoms with Crippen LogP contribution in [0, 0.1) is 3.57 Å². The minimum atomic E-state index is -0.528. The molecule has 2 amide bonds. The highest BCUT2D eigenvalue weighted by molar-refractivity contribution is 14.1. The van der Waals surface area contributed by atoms with E-state index in [1.54, 1.807) is 44.6 Å². The molecule has 2 aromatic rings. The van der Waals surface area contributed by atoms with Crippen LogP contribution in [0.25, 0.3) is 0 Å². The second-order valence-electron chi connectivity index (χ2n) is 5.71. The van der Waals surface area contributed by atoms with Crippen LogP contribution in [0.5, 0.6) is 17.2 Å². The van der Waals surface area contributed by atoms with Crippen LogP contribution in [-0.2, 0) is 9.59 Å². The first-order chi connectivity index (χ1) is 14.0. The summed E-state index contributed by atoms with van der Waals surface area (Å²) in [5, 5.41) is 6.53. The minimum absolute atomic E-state index is 0.354. The van der Waals surface area contributed by atoms with Gasteiger partial charge in [0.25, 0.3) is 0 Å². The van der Waals surface area contributed by atoms with Gasteiger partial charge in [-0.3, -0.25) is 9.59 Å². The molecule has 154 valence electrons. The third kappa shape index (κ3) is 6.93. The lowest BCUT2D eigenvalue weighted by molar-refractivity contribution is -0.126. The first-order valence-electron chi connectivity index (χ1n) is 8.73. The average Bonchev–Trinajstić information content (AvgIpc) is 2.70. The summed E-state index contributed by atoms with van der Waals surface area (Å²) < 4.78 is 16.8. The molecule has 0 saturated heterocycles. The summed E-state index contributed by atoms with van der Waals surface area (Å²) in [6, 6.07) is 10.4. The Balaban J connectivity index is 1.90. The molecular formula is C20H22IN3O5. The summed E-state index contributed by atoms with van der Waals surface area (Å²) in [4.78, 5) is 23.9. The molecule has 0 saturated carbocycles. The number of hydrogen-bond acceptors (Lipinski definition) is 6. The fourth-order valence-corrected chi connectivity index (χ4v) is 3.12. The normalized spacial score (nSPS) is 10.5. The Morgan fingerprint density at radius 2 is 1.83 bits per heavy atom. The predicted molar refractivity (Wildman–Crippen MR) is 119 cm³/mol. The lowest BCUT2D eigenvalue weighted by atomic mass is 10.2. The third-order valence-corrected chi connectivity index (χ3v) is 4.44. The van der Waals surface area contributed by atoms with E-state index < -0.39 is 11.8 Å². The number of ether oxygens (including phenoxy) is 3. The number of rotatable bonds is 9. The fourth-order valence-electron chi connectivity index (χ4n) is 2.34. The van der Waals surface area contributed by atoms with E-state index in [2.05, 4.69) is 38.4 Å². The fraction of sp³-hybridized carbons (Fsp3) is 0.250. The summed E-state index contributed by atoms with van der Waals surface area (Å²) in [6.45, 7) is 2.42. The maximum absolute atomic E-state index is 12.0. The van der Waals surface area contributed by atoms with E-state index in [9.17, 15) is 9.59 Å². The number of anilines is 1. The second kappa shape index (κ2) is 11.2. The highest BCUT2D eigenvalue weighted by Gasteiger charge is 2.11. The molecule has 29 heavy (non-hydrogen) atoms. The molecule has 0 aromatic heterocycles. The maximum Gasteiger partial charge on any atom is 0.249 e. The number of carbonyl (C=O) groups is 2. The van der Waals surface area contributed by atoms with Crippen molar-refractivity contribution in [2.24, 2.45) is 5.10 Å². The Labute approximate surface area is 182 Å². The van der Waals surface area contributed by atoms with E-state index >= 15 is 0 Å². The highest BCUT2D eigenvalue weighted by atomic mass is 127. The molecule has 0 unspecified atom stereocenters. The number of methoxy groups -OCH3 is 2. The van der Waals surface area contributed by atoms with Crippen molar-refractivity contribution in [3.05, 3.63) is 45.5 Å². The third-order valence-electron chi connectivity index (χ3n) is 3.64. The lowest BCUT2D eigenvalue weighted by Gasteiger charge is -2.12. The van der Waals surface area contributed by atoms with Gasteiger partial charge in [-0.15, -0.1) is 0 Å². The van der Waals surface area contributed by atoms with Gasteiger partial charge in [0.05, 0.1) is 30.6 Å². The zero-order chi connectivity index (χ0) is 21.2. The summed E-state index contributed by atoms with van der Waals surface area (Å²) in [6.07, 6.45) is 1.12. The van der Waals surface area contributed by atoms with Crippen LogP contribution >= 0.6 is 22.6 Å². The van der Waals surface area contributed by atoms with Crippen LogP contribution < -0.4 is 25.0 Å². The monoisotopic (exact) mass is 511 g/mol. The Kier molecular flexibility index (Phi) is 8.71. The molecule has 0 bridgehead atoms. The summed E-state index contributed by atoms with van der Waals surface area (Å²) in [5.41, 5.74) is 3.63. The van der Waals surface area contributed by atoms with Crippen LogP contribution in [0.4, 0.5) is 5.69 Å².